The maximum Gasteiger partial charge on any atom is 0.320 e. The Morgan fingerprint density at radius 3 is 2.47 bits per heavy atom. The van der Waals surface area contributed by atoms with Crippen LogP contribution in [-0.4, -0.2) is 53.1 Å². The van der Waals surface area contributed by atoms with Crippen LogP contribution in [0.25, 0.3) is 0 Å². The molecule has 19 heavy (non-hydrogen) atoms. The van der Waals surface area contributed by atoms with Crippen LogP contribution >= 0.6 is 0 Å². The van der Waals surface area contributed by atoms with Gasteiger partial charge in [-0.25, -0.2) is 4.79 Å². The minimum absolute atomic E-state index is 0.0996. The van der Waals surface area contributed by atoms with E-state index in [-0.39, 0.29) is 17.9 Å². The van der Waals surface area contributed by atoms with Crippen LogP contribution in [0.1, 0.15) is 33.1 Å². The van der Waals surface area contributed by atoms with Gasteiger partial charge in [-0.15, -0.1) is 0 Å². The van der Waals surface area contributed by atoms with Crippen molar-refractivity contribution in [1.82, 2.24) is 9.80 Å². The molecule has 2 rings (SSSR count). The lowest BCUT2D eigenvalue weighted by Crippen LogP contribution is -2.57. The minimum Gasteiger partial charge on any atom is -0.481 e. The van der Waals surface area contributed by atoms with E-state index < -0.39 is 5.97 Å². The average molecular weight is 268 g/mol. The third-order valence-corrected chi connectivity index (χ3v) is 4.22. The summed E-state index contributed by atoms with van der Waals surface area (Å²) < 4.78 is 0. The van der Waals surface area contributed by atoms with E-state index in [4.69, 9.17) is 5.11 Å². The SMILES string of the molecule is CCCN(CC1CC1)C(=O)N1CC(C(C)C(=O)O)C1. The standard InChI is InChI=1S/C14H24N2O3/c1-3-6-15(7-11-4-5-11)14(19)16-8-12(9-16)10(2)13(17)18/h10-12H,3-9H2,1-2H3,(H,17,18). The van der Waals surface area contributed by atoms with Crippen LogP contribution in [0.15, 0.2) is 0 Å². The van der Waals surface area contributed by atoms with Gasteiger partial charge < -0.3 is 14.9 Å². The summed E-state index contributed by atoms with van der Waals surface area (Å²) in [6.07, 6.45) is 3.46. The summed E-state index contributed by atoms with van der Waals surface area (Å²) in [5.74, 6) is -0.302. The number of carbonyl (C=O) groups excluding carboxylic acids is 1. The Morgan fingerprint density at radius 1 is 1.37 bits per heavy atom. The topological polar surface area (TPSA) is 60.9 Å². The number of rotatable bonds is 6. The van der Waals surface area contributed by atoms with Crippen LogP contribution in [-0.2, 0) is 4.79 Å². The third kappa shape index (κ3) is 3.39. The molecule has 1 N–H and O–H groups in total. The van der Waals surface area contributed by atoms with Crippen molar-refractivity contribution in [2.45, 2.75) is 33.1 Å². The molecule has 1 saturated heterocycles. The monoisotopic (exact) mass is 268 g/mol. The highest BCUT2D eigenvalue weighted by atomic mass is 16.4. The fourth-order valence-corrected chi connectivity index (χ4v) is 2.53. The molecule has 5 nitrogen and oxygen atoms in total. The number of carbonyl (C=O) groups is 2. The maximum atomic E-state index is 12.3. The number of urea groups is 1. The molecule has 2 amide bonds. The van der Waals surface area contributed by atoms with Gasteiger partial charge in [0.25, 0.3) is 0 Å². The molecular formula is C14H24N2O3. The number of hydrogen-bond acceptors (Lipinski definition) is 2. The van der Waals surface area contributed by atoms with Crippen LogP contribution in [0.2, 0.25) is 0 Å². The Kier molecular flexibility index (Phi) is 4.32. The van der Waals surface area contributed by atoms with Crippen molar-refractivity contribution < 1.29 is 14.7 Å². The average Bonchev–Trinajstić information content (AvgIpc) is 3.09. The van der Waals surface area contributed by atoms with Gasteiger partial charge in [0.2, 0.25) is 0 Å². The minimum atomic E-state index is -0.763. The van der Waals surface area contributed by atoms with E-state index in [0.717, 1.165) is 19.5 Å². The van der Waals surface area contributed by atoms with E-state index in [1.54, 1.807) is 11.8 Å². The molecule has 1 saturated carbocycles. The largest absolute Gasteiger partial charge is 0.481 e. The van der Waals surface area contributed by atoms with Crippen molar-refractivity contribution >= 4 is 12.0 Å². The molecule has 2 fully saturated rings. The summed E-state index contributed by atoms with van der Waals surface area (Å²) >= 11 is 0. The highest BCUT2D eigenvalue weighted by molar-refractivity contribution is 5.76. The zero-order valence-electron chi connectivity index (χ0n) is 11.8. The molecule has 0 radical (unpaired) electrons. The fourth-order valence-electron chi connectivity index (χ4n) is 2.53. The molecule has 108 valence electrons. The van der Waals surface area contributed by atoms with Crippen molar-refractivity contribution in [2.75, 3.05) is 26.2 Å². The van der Waals surface area contributed by atoms with Gasteiger partial charge in [-0.3, -0.25) is 4.79 Å². The highest BCUT2D eigenvalue weighted by Gasteiger charge is 2.39. The van der Waals surface area contributed by atoms with Gasteiger partial charge in [-0.1, -0.05) is 13.8 Å². The van der Waals surface area contributed by atoms with E-state index >= 15 is 0 Å². The molecular weight excluding hydrogens is 244 g/mol. The van der Waals surface area contributed by atoms with E-state index in [0.29, 0.717) is 19.0 Å². The van der Waals surface area contributed by atoms with Crippen molar-refractivity contribution in [3.05, 3.63) is 0 Å². The molecule has 0 aromatic carbocycles. The molecule has 2 aliphatic rings. The Labute approximate surface area is 114 Å². The molecule has 1 aliphatic carbocycles. The second kappa shape index (κ2) is 5.80. The lowest BCUT2D eigenvalue weighted by atomic mass is 9.87. The van der Waals surface area contributed by atoms with Crippen LogP contribution in [0, 0.1) is 17.8 Å². The molecule has 0 bridgehead atoms. The van der Waals surface area contributed by atoms with Crippen molar-refractivity contribution in [3.63, 3.8) is 0 Å². The Hall–Kier alpha value is -1.26. The smallest absolute Gasteiger partial charge is 0.320 e. The van der Waals surface area contributed by atoms with Crippen LogP contribution in [0.4, 0.5) is 4.79 Å². The first kappa shape index (κ1) is 14.2. The molecule has 1 aliphatic heterocycles. The Bertz CT molecular complexity index is 349. The summed E-state index contributed by atoms with van der Waals surface area (Å²) in [6, 6.07) is 0.0996. The van der Waals surface area contributed by atoms with Gasteiger partial charge in [0.1, 0.15) is 0 Å². The quantitative estimate of drug-likeness (QED) is 0.800. The fraction of sp³-hybridized carbons (Fsp3) is 0.857. The summed E-state index contributed by atoms with van der Waals surface area (Å²) in [4.78, 5) is 26.9. The number of amides is 2. The molecule has 1 atom stereocenters. The van der Waals surface area contributed by atoms with E-state index in [1.165, 1.54) is 12.8 Å². The van der Waals surface area contributed by atoms with Gasteiger partial charge in [0.05, 0.1) is 5.92 Å². The molecule has 1 unspecified atom stereocenters. The van der Waals surface area contributed by atoms with Crippen molar-refractivity contribution in [1.29, 1.82) is 0 Å². The number of aliphatic carboxylic acids is 1. The van der Waals surface area contributed by atoms with E-state index in [1.807, 2.05) is 4.90 Å². The van der Waals surface area contributed by atoms with Crippen LogP contribution in [0.5, 0.6) is 0 Å². The first-order chi connectivity index (χ1) is 9.02. The molecule has 0 aromatic heterocycles. The predicted molar refractivity (Wildman–Crippen MR) is 71.8 cm³/mol. The summed E-state index contributed by atoms with van der Waals surface area (Å²) in [5, 5.41) is 8.95. The lowest BCUT2D eigenvalue weighted by molar-refractivity contribution is -0.144. The third-order valence-electron chi connectivity index (χ3n) is 4.22. The molecule has 5 heteroatoms. The van der Waals surface area contributed by atoms with Gasteiger partial charge in [0.15, 0.2) is 0 Å². The molecule has 0 aromatic rings. The van der Waals surface area contributed by atoms with Crippen LogP contribution in [0.3, 0.4) is 0 Å². The van der Waals surface area contributed by atoms with Gasteiger partial charge in [-0.05, 0) is 25.2 Å². The number of carboxylic acid groups (broad SMARTS) is 1. The van der Waals surface area contributed by atoms with Gasteiger partial charge in [0, 0.05) is 32.1 Å². The summed E-state index contributed by atoms with van der Waals surface area (Å²) in [7, 11) is 0. The highest BCUT2D eigenvalue weighted by Crippen LogP contribution is 2.31. The number of hydrogen-bond donors (Lipinski definition) is 1. The van der Waals surface area contributed by atoms with Crippen molar-refractivity contribution in [2.24, 2.45) is 17.8 Å². The number of likely N-dealkylation sites (tertiary alicyclic amines) is 1. The Morgan fingerprint density at radius 2 is 2.00 bits per heavy atom. The van der Waals surface area contributed by atoms with Gasteiger partial charge >= 0.3 is 12.0 Å². The summed E-state index contributed by atoms with van der Waals surface area (Å²) in [6.45, 7) is 6.68. The predicted octanol–water partition coefficient (Wildman–Crippen LogP) is 1.88. The van der Waals surface area contributed by atoms with Gasteiger partial charge in [-0.2, -0.15) is 0 Å². The normalized spacial score (nSPS) is 20.8. The van der Waals surface area contributed by atoms with E-state index in [9.17, 15) is 9.59 Å². The number of carboxylic acids is 1. The zero-order chi connectivity index (χ0) is 14.0. The lowest BCUT2D eigenvalue weighted by Gasteiger charge is -2.43. The second-order valence-electron chi connectivity index (χ2n) is 5.96. The molecule has 1 heterocycles. The zero-order valence-corrected chi connectivity index (χ0v) is 11.8. The summed E-state index contributed by atoms with van der Waals surface area (Å²) in [5.41, 5.74) is 0. The van der Waals surface area contributed by atoms with Crippen molar-refractivity contribution in [3.8, 4) is 0 Å². The maximum absolute atomic E-state index is 12.3. The Balaban J connectivity index is 1.81. The van der Waals surface area contributed by atoms with E-state index in [2.05, 4.69) is 6.92 Å². The number of nitrogens with zero attached hydrogens (tertiary/aromatic N) is 2. The second-order valence-corrected chi connectivity index (χ2v) is 5.96. The first-order valence-electron chi connectivity index (χ1n) is 7.29. The van der Waals surface area contributed by atoms with Crippen LogP contribution < -0.4 is 0 Å². The molecule has 0 spiro atoms. The first-order valence-corrected chi connectivity index (χ1v) is 7.29.